The Labute approximate surface area is 97.3 Å². The first-order valence-electron chi connectivity index (χ1n) is 4.82. The summed E-state index contributed by atoms with van der Waals surface area (Å²) >= 11 is 0. The van der Waals surface area contributed by atoms with E-state index in [2.05, 4.69) is 6.58 Å². The van der Waals surface area contributed by atoms with E-state index >= 15 is 0 Å². The SMILES string of the molecule is C=Cc1cc(C(=O)N(C)C)ccc1C(F)(F)F. The Balaban J connectivity index is 3.27. The number of halogens is 3. The molecule has 1 aromatic carbocycles. The summed E-state index contributed by atoms with van der Waals surface area (Å²) < 4.78 is 37.8. The number of alkyl halides is 3. The van der Waals surface area contributed by atoms with Gasteiger partial charge in [0, 0.05) is 19.7 Å². The molecule has 0 bridgehead atoms. The third-order valence-corrected chi connectivity index (χ3v) is 2.23. The van der Waals surface area contributed by atoms with E-state index in [9.17, 15) is 18.0 Å². The normalized spacial score (nSPS) is 11.1. The predicted molar refractivity (Wildman–Crippen MR) is 59.6 cm³/mol. The molecular weight excluding hydrogens is 231 g/mol. The van der Waals surface area contributed by atoms with Gasteiger partial charge >= 0.3 is 6.18 Å². The van der Waals surface area contributed by atoms with Crippen molar-refractivity contribution in [3.63, 3.8) is 0 Å². The van der Waals surface area contributed by atoms with Gasteiger partial charge < -0.3 is 4.90 Å². The summed E-state index contributed by atoms with van der Waals surface area (Å²) in [7, 11) is 3.07. The Morgan fingerprint density at radius 1 is 1.35 bits per heavy atom. The molecule has 92 valence electrons. The fourth-order valence-electron chi connectivity index (χ4n) is 1.38. The van der Waals surface area contributed by atoms with E-state index in [1.165, 1.54) is 25.1 Å². The molecule has 0 heterocycles. The van der Waals surface area contributed by atoms with Crippen molar-refractivity contribution in [2.75, 3.05) is 14.1 Å². The van der Waals surface area contributed by atoms with Crippen LogP contribution in [-0.4, -0.2) is 24.9 Å². The highest BCUT2D eigenvalue weighted by Gasteiger charge is 2.32. The Morgan fingerprint density at radius 3 is 2.35 bits per heavy atom. The van der Waals surface area contributed by atoms with Crippen molar-refractivity contribution < 1.29 is 18.0 Å². The maximum absolute atomic E-state index is 12.6. The lowest BCUT2D eigenvalue weighted by atomic mass is 10.0. The van der Waals surface area contributed by atoms with Crippen LogP contribution in [0, 0.1) is 0 Å². The van der Waals surface area contributed by atoms with Crippen LogP contribution < -0.4 is 0 Å². The number of hydrogen-bond acceptors (Lipinski definition) is 1. The predicted octanol–water partition coefficient (Wildman–Crippen LogP) is 3.05. The maximum atomic E-state index is 12.6. The van der Waals surface area contributed by atoms with E-state index in [4.69, 9.17) is 0 Å². The summed E-state index contributed by atoms with van der Waals surface area (Å²) in [5.74, 6) is -0.346. The first kappa shape index (κ1) is 13.3. The minimum atomic E-state index is -4.44. The molecule has 0 unspecified atom stereocenters. The van der Waals surface area contributed by atoms with Crippen molar-refractivity contribution in [3.05, 3.63) is 41.5 Å². The van der Waals surface area contributed by atoms with Crippen molar-refractivity contribution >= 4 is 12.0 Å². The quantitative estimate of drug-likeness (QED) is 0.781. The summed E-state index contributed by atoms with van der Waals surface area (Å²) in [4.78, 5) is 12.9. The molecule has 0 saturated carbocycles. The van der Waals surface area contributed by atoms with E-state index in [1.807, 2.05) is 0 Å². The fourth-order valence-corrected chi connectivity index (χ4v) is 1.38. The Morgan fingerprint density at radius 2 is 1.94 bits per heavy atom. The third kappa shape index (κ3) is 2.87. The summed E-state index contributed by atoms with van der Waals surface area (Å²) in [5, 5.41) is 0. The van der Waals surface area contributed by atoms with Gasteiger partial charge in [0.05, 0.1) is 5.56 Å². The molecule has 5 heteroatoms. The average molecular weight is 243 g/mol. The van der Waals surface area contributed by atoms with Crippen LogP contribution in [0.4, 0.5) is 13.2 Å². The van der Waals surface area contributed by atoms with Crippen molar-refractivity contribution in [1.82, 2.24) is 4.90 Å². The third-order valence-electron chi connectivity index (χ3n) is 2.23. The smallest absolute Gasteiger partial charge is 0.345 e. The van der Waals surface area contributed by atoms with Crippen molar-refractivity contribution in [2.24, 2.45) is 0 Å². The van der Waals surface area contributed by atoms with Gasteiger partial charge in [0.2, 0.25) is 0 Å². The fraction of sp³-hybridized carbons (Fsp3) is 0.250. The molecule has 0 aliphatic rings. The first-order valence-corrected chi connectivity index (χ1v) is 4.82. The number of carbonyl (C=O) groups excluding carboxylic acids is 1. The molecule has 1 aromatic rings. The molecular formula is C12H12F3NO. The van der Waals surface area contributed by atoms with E-state index in [0.717, 1.165) is 18.2 Å². The molecule has 1 rings (SSSR count). The zero-order valence-electron chi connectivity index (χ0n) is 9.51. The lowest BCUT2D eigenvalue weighted by Gasteiger charge is -2.14. The van der Waals surface area contributed by atoms with Crippen molar-refractivity contribution in [2.45, 2.75) is 6.18 Å². The topological polar surface area (TPSA) is 20.3 Å². The summed E-state index contributed by atoms with van der Waals surface area (Å²) in [6.45, 7) is 3.33. The van der Waals surface area contributed by atoms with Crippen LogP contribution in [0.5, 0.6) is 0 Å². The van der Waals surface area contributed by atoms with Gasteiger partial charge in [-0.3, -0.25) is 4.79 Å². The van der Waals surface area contributed by atoms with Crippen LogP contribution in [0.3, 0.4) is 0 Å². The highest BCUT2D eigenvalue weighted by molar-refractivity contribution is 5.94. The van der Waals surface area contributed by atoms with E-state index in [1.54, 1.807) is 0 Å². The van der Waals surface area contributed by atoms with Crippen LogP contribution in [0.15, 0.2) is 24.8 Å². The minimum Gasteiger partial charge on any atom is -0.345 e. The first-order chi connectivity index (χ1) is 7.77. The molecule has 0 radical (unpaired) electrons. The van der Waals surface area contributed by atoms with Gasteiger partial charge in [0.25, 0.3) is 5.91 Å². The van der Waals surface area contributed by atoms with E-state index in [0.29, 0.717) is 0 Å². The number of amides is 1. The molecule has 0 atom stereocenters. The van der Waals surface area contributed by atoms with E-state index in [-0.39, 0.29) is 17.0 Å². The average Bonchev–Trinajstić information content (AvgIpc) is 2.25. The second-order valence-electron chi connectivity index (χ2n) is 3.70. The lowest BCUT2D eigenvalue weighted by Crippen LogP contribution is -2.22. The number of rotatable bonds is 2. The number of benzene rings is 1. The monoisotopic (exact) mass is 243 g/mol. The zero-order chi connectivity index (χ0) is 13.2. The van der Waals surface area contributed by atoms with Crippen LogP contribution in [0.2, 0.25) is 0 Å². The Kier molecular flexibility index (Phi) is 3.60. The van der Waals surface area contributed by atoms with Gasteiger partial charge in [-0.1, -0.05) is 12.7 Å². The lowest BCUT2D eigenvalue weighted by molar-refractivity contribution is -0.137. The second-order valence-corrected chi connectivity index (χ2v) is 3.70. The highest BCUT2D eigenvalue weighted by Crippen LogP contribution is 2.33. The maximum Gasteiger partial charge on any atom is 0.416 e. The van der Waals surface area contributed by atoms with Gasteiger partial charge in [-0.2, -0.15) is 13.2 Å². The molecule has 17 heavy (non-hydrogen) atoms. The highest BCUT2D eigenvalue weighted by atomic mass is 19.4. The number of hydrogen-bond donors (Lipinski definition) is 0. The van der Waals surface area contributed by atoms with Gasteiger partial charge in [-0.25, -0.2) is 0 Å². The minimum absolute atomic E-state index is 0.0924. The molecule has 0 spiro atoms. The van der Waals surface area contributed by atoms with Crippen molar-refractivity contribution in [3.8, 4) is 0 Å². The summed E-state index contributed by atoms with van der Waals surface area (Å²) in [6.07, 6.45) is -3.35. The number of nitrogens with zero attached hydrogens (tertiary/aromatic N) is 1. The summed E-state index contributed by atoms with van der Waals surface area (Å²) in [5.41, 5.74) is -0.675. The molecule has 0 aromatic heterocycles. The number of carbonyl (C=O) groups is 1. The van der Waals surface area contributed by atoms with Crippen LogP contribution in [-0.2, 0) is 6.18 Å². The van der Waals surface area contributed by atoms with Gasteiger partial charge in [-0.05, 0) is 23.8 Å². The van der Waals surface area contributed by atoms with Gasteiger partial charge in [0.15, 0.2) is 0 Å². The van der Waals surface area contributed by atoms with Crippen LogP contribution >= 0.6 is 0 Å². The van der Waals surface area contributed by atoms with Crippen LogP contribution in [0.25, 0.3) is 6.08 Å². The molecule has 0 fully saturated rings. The van der Waals surface area contributed by atoms with Crippen molar-refractivity contribution in [1.29, 1.82) is 0 Å². The van der Waals surface area contributed by atoms with Gasteiger partial charge in [-0.15, -0.1) is 0 Å². The van der Waals surface area contributed by atoms with E-state index < -0.39 is 11.7 Å². The summed E-state index contributed by atoms with van der Waals surface area (Å²) in [6, 6.07) is 3.25. The molecule has 0 N–H and O–H groups in total. The molecule has 0 aliphatic carbocycles. The second kappa shape index (κ2) is 4.61. The Bertz CT molecular complexity index is 450. The zero-order valence-corrected chi connectivity index (χ0v) is 9.51. The van der Waals surface area contributed by atoms with Gasteiger partial charge in [0.1, 0.15) is 0 Å². The molecule has 1 amide bonds. The Hall–Kier alpha value is -1.78. The van der Waals surface area contributed by atoms with Crippen LogP contribution in [0.1, 0.15) is 21.5 Å². The standard InChI is InChI=1S/C12H12F3NO/c1-4-8-7-9(11(17)16(2)3)5-6-10(8)12(13,14)15/h4-7H,1H2,2-3H3. The molecule has 2 nitrogen and oxygen atoms in total. The largest absolute Gasteiger partial charge is 0.416 e. The molecule has 0 aliphatic heterocycles. The molecule has 0 saturated heterocycles.